The van der Waals surface area contributed by atoms with Crippen molar-refractivity contribution >= 4 is 23.0 Å². The summed E-state index contributed by atoms with van der Waals surface area (Å²) in [5, 5.41) is 17.7. The Morgan fingerprint density at radius 2 is 1.57 bits per heavy atom. The zero-order valence-electron chi connectivity index (χ0n) is 15.5. The van der Waals surface area contributed by atoms with Crippen molar-refractivity contribution in [3.8, 4) is 23.0 Å². The fourth-order valence-electron chi connectivity index (χ4n) is 3.12. The van der Waals surface area contributed by atoms with Crippen LogP contribution in [0.25, 0.3) is 0 Å². The minimum Gasteiger partial charge on any atom is -0.454 e. The summed E-state index contributed by atoms with van der Waals surface area (Å²) in [5.41, 5.74) is 1.16. The highest BCUT2D eigenvalue weighted by Crippen LogP contribution is 2.37. The van der Waals surface area contributed by atoms with Crippen LogP contribution in [-0.2, 0) is 6.54 Å². The molecule has 0 saturated heterocycles. The third-order valence-corrected chi connectivity index (χ3v) is 4.54. The lowest BCUT2D eigenvalue weighted by atomic mass is 10.2. The quantitative estimate of drug-likeness (QED) is 0.462. The highest BCUT2D eigenvalue weighted by atomic mass is 16.7. The Bertz CT molecular complexity index is 1140. The van der Waals surface area contributed by atoms with Gasteiger partial charge in [0.2, 0.25) is 25.2 Å². The van der Waals surface area contributed by atoms with Gasteiger partial charge in [-0.1, -0.05) is 6.07 Å². The maximum Gasteiger partial charge on any atom is 0.353 e. The number of anilines is 3. The average Bonchev–Trinajstić information content (AvgIpc) is 3.40. The number of hydrogen-bond acceptors (Lipinski definition) is 10. The lowest BCUT2D eigenvalue weighted by Gasteiger charge is -2.11. The van der Waals surface area contributed by atoms with E-state index in [-0.39, 0.29) is 30.9 Å². The van der Waals surface area contributed by atoms with Gasteiger partial charge in [0.05, 0.1) is 4.92 Å². The normalized spacial score (nSPS) is 13.2. The smallest absolute Gasteiger partial charge is 0.353 e. The molecule has 0 saturated carbocycles. The molecule has 0 radical (unpaired) electrons. The van der Waals surface area contributed by atoms with Crippen LogP contribution in [0.5, 0.6) is 23.0 Å². The summed E-state index contributed by atoms with van der Waals surface area (Å²) in [5.74, 6) is 2.62. The van der Waals surface area contributed by atoms with Crippen molar-refractivity contribution in [1.82, 2.24) is 9.97 Å². The summed E-state index contributed by atoms with van der Waals surface area (Å²) in [7, 11) is 0. The van der Waals surface area contributed by atoms with Crippen molar-refractivity contribution in [2.45, 2.75) is 6.54 Å². The summed E-state index contributed by atoms with van der Waals surface area (Å²) in [4.78, 5) is 19.3. The number of rotatable bonds is 6. The predicted molar refractivity (Wildman–Crippen MR) is 104 cm³/mol. The Labute approximate surface area is 169 Å². The molecule has 2 N–H and O–H groups in total. The number of nitrogens with zero attached hydrogens (tertiary/aromatic N) is 3. The molecule has 0 unspecified atom stereocenters. The van der Waals surface area contributed by atoms with Crippen LogP contribution in [0.15, 0.2) is 42.7 Å². The van der Waals surface area contributed by atoms with E-state index in [2.05, 4.69) is 20.6 Å². The number of ether oxygens (including phenoxy) is 4. The molecule has 2 aliphatic heterocycles. The molecule has 5 rings (SSSR count). The molecule has 30 heavy (non-hydrogen) atoms. The lowest BCUT2D eigenvalue weighted by Crippen LogP contribution is -2.08. The van der Waals surface area contributed by atoms with E-state index in [1.165, 1.54) is 6.33 Å². The van der Waals surface area contributed by atoms with E-state index in [9.17, 15) is 10.1 Å². The zero-order valence-corrected chi connectivity index (χ0v) is 15.5. The van der Waals surface area contributed by atoms with Gasteiger partial charge in [-0.2, -0.15) is 0 Å². The van der Waals surface area contributed by atoms with Gasteiger partial charge in [0.1, 0.15) is 6.33 Å². The van der Waals surface area contributed by atoms with Gasteiger partial charge in [0.25, 0.3) is 0 Å². The fraction of sp³-hybridized carbons (Fsp3) is 0.158. The van der Waals surface area contributed by atoms with E-state index < -0.39 is 4.92 Å². The van der Waals surface area contributed by atoms with Crippen molar-refractivity contribution in [2.24, 2.45) is 0 Å². The molecule has 0 atom stereocenters. The molecule has 1 aromatic heterocycles. The zero-order chi connectivity index (χ0) is 20.5. The summed E-state index contributed by atoms with van der Waals surface area (Å²) in [6, 6.07) is 10.6. The van der Waals surface area contributed by atoms with Crippen molar-refractivity contribution in [1.29, 1.82) is 0 Å². The molecule has 2 aromatic carbocycles. The van der Waals surface area contributed by atoms with E-state index in [0.29, 0.717) is 35.2 Å². The molecule has 0 aliphatic carbocycles. The molecule has 0 fully saturated rings. The van der Waals surface area contributed by atoms with Gasteiger partial charge in [-0.05, 0) is 29.8 Å². The standard InChI is InChI=1S/C19H15N5O6/c25-24(26)17-18(20-7-11-1-3-13-15(5-11)29-9-27-13)21-8-22-19(17)23-12-2-4-14-16(6-12)30-10-28-14/h1-6,8H,7,9-10H2,(H2,20,21,22,23). The first-order chi connectivity index (χ1) is 14.7. The van der Waals surface area contributed by atoms with Crippen LogP contribution in [0.4, 0.5) is 23.0 Å². The number of aromatic nitrogens is 2. The lowest BCUT2D eigenvalue weighted by molar-refractivity contribution is -0.383. The summed E-state index contributed by atoms with van der Waals surface area (Å²) in [6.45, 7) is 0.622. The molecule has 0 bridgehead atoms. The maximum atomic E-state index is 11.7. The third-order valence-electron chi connectivity index (χ3n) is 4.54. The van der Waals surface area contributed by atoms with Gasteiger partial charge in [0, 0.05) is 18.3 Å². The van der Waals surface area contributed by atoms with Crippen LogP contribution in [-0.4, -0.2) is 28.5 Å². The predicted octanol–water partition coefficient (Wildman–Crippen LogP) is 3.20. The van der Waals surface area contributed by atoms with E-state index in [0.717, 1.165) is 5.56 Å². The molecule has 152 valence electrons. The van der Waals surface area contributed by atoms with E-state index in [4.69, 9.17) is 18.9 Å². The molecular weight excluding hydrogens is 394 g/mol. The Hall–Kier alpha value is -4.28. The van der Waals surface area contributed by atoms with E-state index in [1.54, 1.807) is 24.3 Å². The minimum atomic E-state index is -0.530. The van der Waals surface area contributed by atoms with Crippen LogP contribution in [0.3, 0.4) is 0 Å². The molecule has 2 aliphatic rings. The second kappa shape index (κ2) is 7.28. The molecule has 11 nitrogen and oxygen atoms in total. The van der Waals surface area contributed by atoms with Crippen LogP contribution in [0.2, 0.25) is 0 Å². The monoisotopic (exact) mass is 409 g/mol. The molecule has 3 aromatic rings. The number of hydrogen-bond donors (Lipinski definition) is 2. The minimum absolute atomic E-state index is 0.0575. The second-order valence-corrected chi connectivity index (χ2v) is 6.41. The van der Waals surface area contributed by atoms with Crippen LogP contribution >= 0.6 is 0 Å². The maximum absolute atomic E-state index is 11.7. The number of nitrogens with one attached hydrogen (secondary N) is 2. The van der Waals surface area contributed by atoms with Gasteiger partial charge < -0.3 is 29.6 Å². The van der Waals surface area contributed by atoms with E-state index >= 15 is 0 Å². The van der Waals surface area contributed by atoms with E-state index in [1.807, 2.05) is 12.1 Å². The van der Waals surface area contributed by atoms with Crippen LogP contribution < -0.4 is 29.6 Å². The number of fused-ring (bicyclic) bond motifs is 2. The van der Waals surface area contributed by atoms with Crippen molar-refractivity contribution < 1.29 is 23.9 Å². The Balaban J connectivity index is 1.38. The fourth-order valence-corrected chi connectivity index (χ4v) is 3.12. The topological polar surface area (TPSA) is 130 Å². The highest BCUT2D eigenvalue weighted by molar-refractivity contribution is 5.74. The third kappa shape index (κ3) is 3.32. The Kier molecular flexibility index (Phi) is 4.32. The Morgan fingerprint density at radius 3 is 2.33 bits per heavy atom. The van der Waals surface area contributed by atoms with Gasteiger partial charge in [0.15, 0.2) is 23.0 Å². The summed E-state index contributed by atoms with van der Waals surface area (Å²) >= 11 is 0. The van der Waals surface area contributed by atoms with Crippen molar-refractivity contribution in [3.05, 3.63) is 58.4 Å². The first-order valence-electron chi connectivity index (χ1n) is 8.96. The first kappa shape index (κ1) is 17.8. The highest BCUT2D eigenvalue weighted by Gasteiger charge is 2.24. The van der Waals surface area contributed by atoms with Crippen LogP contribution in [0.1, 0.15) is 5.56 Å². The molecule has 3 heterocycles. The van der Waals surface area contributed by atoms with Crippen molar-refractivity contribution in [3.63, 3.8) is 0 Å². The summed E-state index contributed by atoms with van der Waals surface area (Å²) < 4.78 is 21.3. The number of benzene rings is 2. The molecular formula is C19H15N5O6. The van der Waals surface area contributed by atoms with Gasteiger partial charge in [-0.25, -0.2) is 9.97 Å². The molecule has 0 amide bonds. The number of nitro groups is 1. The Morgan fingerprint density at radius 1 is 0.900 bits per heavy atom. The molecule has 11 heteroatoms. The van der Waals surface area contributed by atoms with Gasteiger partial charge >= 0.3 is 5.69 Å². The van der Waals surface area contributed by atoms with Gasteiger partial charge in [-0.3, -0.25) is 10.1 Å². The van der Waals surface area contributed by atoms with Crippen LogP contribution in [0, 0.1) is 10.1 Å². The average molecular weight is 409 g/mol. The largest absolute Gasteiger partial charge is 0.454 e. The first-order valence-corrected chi connectivity index (χ1v) is 8.96. The van der Waals surface area contributed by atoms with Gasteiger partial charge in [-0.15, -0.1) is 0 Å². The molecule has 0 spiro atoms. The summed E-state index contributed by atoms with van der Waals surface area (Å²) in [6.07, 6.45) is 1.25. The van der Waals surface area contributed by atoms with Crippen molar-refractivity contribution in [2.75, 3.05) is 24.2 Å². The SMILES string of the molecule is O=[N+]([O-])c1c(NCc2ccc3c(c2)OCO3)ncnc1Nc1ccc2c(c1)OCO2. The second-order valence-electron chi connectivity index (χ2n) is 6.41.